The molecule has 1 aromatic rings. The molecule has 1 amide bonds. The van der Waals surface area contributed by atoms with Crippen molar-refractivity contribution >= 4 is 27.8 Å². The maximum Gasteiger partial charge on any atom is 0.340 e. The van der Waals surface area contributed by atoms with Crippen LogP contribution in [-0.4, -0.2) is 31.6 Å². The molecule has 2 rings (SSSR count). The maximum absolute atomic E-state index is 12.3. The Kier molecular flexibility index (Phi) is 7.09. The second-order valence-electron chi connectivity index (χ2n) is 6.14. The van der Waals surface area contributed by atoms with Crippen molar-refractivity contribution in [3.8, 4) is 5.75 Å². The smallest absolute Gasteiger partial charge is 0.340 e. The van der Waals surface area contributed by atoms with Gasteiger partial charge in [0.15, 0.2) is 6.10 Å². The fourth-order valence-electron chi connectivity index (χ4n) is 2.85. The third-order valence-corrected chi connectivity index (χ3v) is 5.03. The molecule has 0 unspecified atom stereocenters. The van der Waals surface area contributed by atoms with Gasteiger partial charge < -0.3 is 14.8 Å². The zero-order valence-electron chi connectivity index (χ0n) is 14.1. The van der Waals surface area contributed by atoms with Crippen molar-refractivity contribution in [3.05, 3.63) is 28.2 Å². The van der Waals surface area contributed by atoms with Gasteiger partial charge in [0.2, 0.25) is 0 Å². The molecule has 24 heavy (non-hydrogen) atoms. The standard InChI is InChI=1S/C18H24BrNO4/c1-12(17(21)20-11-13-6-4-3-5-7-13)24-18(22)15-10-14(23-2)8-9-16(15)19/h8-10,12-13H,3-7,11H2,1-2H3,(H,20,21)/t12-/m1/s1. The SMILES string of the molecule is COc1ccc(Br)c(C(=O)O[C@H](C)C(=O)NCC2CCCCC2)c1. The van der Waals surface area contributed by atoms with Crippen molar-refractivity contribution in [2.45, 2.75) is 45.1 Å². The molecule has 0 radical (unpaired) electrons. The van der Waals surface area contributed by atoms with Crippen LogP contribution < -0.4 is 10.1 Å². The summed E-state index contributed by atoms with van der Waals surface area (Å²) in [5.41, 5.74) is 0.335. The molecule has 1 aliphatic rings. The molecule has 0 aliphatic heterocycles. The lowest BCUT2D eigenvalue weighted by Crippen LogP contribution is -2.38. The Balaban J connectivity index is 1.87. The van der Waals surface area contributed by atoms with Crippen LogP contribution >= 0.6 is 15.9 Å². The van der Waals surface area contributed by atoms with Crippen molar-refractivity contribution in [1.29, 1.82) is 0 Å². The third kappa shape index (κ3) is 5.23. The van der Waals surface area contributed by atoms with Crippen LogP contribution in [0.5, 0.6) is 5.75 Å². The topological polar surface area (TPSA) is 64.6 Å². The number of hydrogen-bond donors (Lipinski definition) is 1. The zero-order chi connectivity index (χ0) is 17.5. The maximum atomic E-state index is 12.3. The second kappa shape index (κ2) is 9.06. The van der Waals surface area contributed by atoms with Crippen molar-refractivity contribution in [2.75, 3.05) is 13.7 Å². The summed E-state index contributed by atoms with van der Waals surface area (Å²) in [5.74, 6) is 0.284. The summed E-state index contributed by atoms with van der Waals surface area (Å²) in [5, 5.41) is 2.89. The van der Waals surface area contributed by atoms with Crippen molar-refractivity contribution in [1.82, 2.24) is 5.32 Å². The lowest BCUT2D eigenvalue weighted by molar-refractivity contribution is -0.129. The van der Waals surface area contributed by atoms with Gasteiger partial charge >= 0.3 is 5.97 Å². The molecule has 0 spiro atoms. The van der Waals surface area contributed by atoms with E-state index in [2.05, 4.69) is 21.2 Å². The van der Waals surface area contributed by atoms with Gasteiger partial charge in [-0.25, -0.2) is 4.79 Å². The number of methoxy groups -OCH3 is 1. The van der Waals surface area contributed by atoms with E-state index in [0.29, 0.717) is 28.2 Å². The minimum absolute atomic E-state index is 0.257. The first-order valence-electron chi connectivity index (χ1n) is 8.33. The first-order chi connectivity index (χ1) is 11.5. The van der Waals surface area contributed by atoms with E-state index in [-0.39, 0.29) is 5.91 Å². The summed E-state index contributed by atoms with van der Waals surface area (Å²) in [6.45, 7) is 2.24. The highest BCUT2D eigenvalue weighted by molar-refractivity contribution is 9.10. The van der Waals surface area contributed by atoms with E-state index >= 15 is 0 Å². The molecular formula is C18H24BrNO4. The highest BCUT2D eigenvalue weighted by atomic mass is 79.9. The number of ether oxygens (including phenoxy) is 2. The molecule has 5 nitrogen and oxygen atoms in total. The predicted molar refractivity (Wildman–Crippen MR) is 95.2 cm³/mol. The first-order valence-corrected chi connectivity index (χ1v) is 9.12. The number of carbonyl (C=O) groups is 2. The number of hydrogen-bond acceptors (Lipinski definition) is 4. The Morgan fingerprint density at radius 1 is 1.29 bits per heavy atom. The molecule has 132 valence electrons. The molecular weight excluding hydrogens is 374 g/mol. The van der Waals surface area contributed by atoms with Gasteiger partial charge in [0.05, 0.1) is 12.7 Å². The number of carbonyl (C=O) groups excluding carboxylic acids is 2. The molecule has 0 bridgehead atoms. The molecule has 0 heterocycles. The average Bonchev–Trinajstić information content (AvgIpc) is 2.60. The van der Waals surface area contributed by atoms with Crippen LogP contribution in [0.15, 0.2) is 22.7 Å². The first kappa shape index (κ1) is 18.8. The number of halogens is 1. The Labute approximate surface area is 151 Å². The molecule has 1 saturated carbocycles. The minimum Gasteiger partial charge on any atom is -0.497 e. The predicted octanol–water partition coefficient (Wildman–Crippen LogP) is 3.70. The van der Waals surface area contributed by atoms with E-state index < -0.39 is 12.1 Å². The van der Waals surface area contributed by atoms with Crippen LogP contribution in [0.3, 0.4) is 0 Å². The molecule has 1 aliphatic carbocycles. The monoisotopic (exact) mass is 397 g/mol. The Morgan fingerprint density at radius 2 is 2.00 bits per heavy atom. The van der Waals surface area contributed by atoms with E-state index in [1.54, 1.807) is 25.1 Å². The number of nitrogens with one attached hydrogen (secondary N) is 1. The van der Waals surface area contributed by atoms with Crippen molar-refractivity contribution in [2.24, 2.45) is 5.92 Å². The van der Waals surface area contributed by atoms with Gasteiger partial charge in [-0.2, -0.15) is 0 Å². The van der Waals surface area contributed by atoms with Gasteiger partial charge in [0.1, 0.15) is 5.75 Å². The Hall–Kier alpha value is -1.56. The minimum atomic E-state index is -0.834. The van der Waals surface area contributed by atoms with Gasteiger partial charge in [-0.3, -0.25) is 4.79 Å². The summed E-state index contributed by atoms with van der Waals surface area (Å²) in [6.07, 6.45) is 5.23. The van der Waals surface area contributed by atoms with Crippen LogP contribution in [0, 0.1) is 5.92 Å². The molecule has 1 atom stereocenters. The van der Waals surface area contributed by atoms with Crippen LogP contribution in [0.25, 0.3) is 0 Å². The second-order valence-corrected chi connectivity index (χ2v) is 7.00. The van der Waals surface area contributed by atoms with Crippen LogP contribution in [0.2, 0.25) is 0 Å². The summed E-state index contributed by atoms with van der Waals surface area (Å²) in [6, 6.07) is 5.03. The zero-order valence-corrected chi connectivity index (χ0v) is 15.7. The van der Waals surface area contributed by atoms with Crippen molar-refractivity contribution in [3.63, 3.8) is 0 Å². The third-order valence-electron chi connectivity index (χ3n) is 4.34. The van der Waals surface area contributed by atoms with Gasteiger partial charge in [-0.15, -0.1) is 0 Å². The fraction of sp³-hybridized carbons (Fsp3) is 0.556. The lowest BCUT2D eigenvalue weighted by Gasteiger charge is -2.22. The van der Waals surface area contributed by atoms with Gasteiger partial charge in [0, 0.05) is 11.0 Å². The van der Waals surface area contributed by atoms with Gasteiger partial charge in [-0.1, -0.05) is 19.3 Å². The van der Waals surface area contributed by atoms with E-state index in [4.69, 9.17) is 9.47 Å². The Bertz CT molecular complexity index is 584. The molecule has 1 aromatic carbocycles. The van der Waals surface area contributed by atoms with Gasteiger partial charge in [0.25, 0.3) is 5.91 Å². The summed E-state index contributed by atoms with van der Waals surface area (Å²) < 4.78 is 11.0. The number of benzene rings is 1. The van der Waals surface area contributed by atoms with Crippen LogP contribution in [-0.2, 0) is 9.53 Å². The van der Waals surface area contributed by atoms with E-state index in [9.17, 15) is 9.59 Å². The van der Waals surface area contributed by atoms with E-state index in [1.807, 2.05) is 0 Å². The Morgan fingerprint density at radius 3 is 2.67 bits per heavy atom. The van der Waals surface area contributed by atoms with E-state index in [1.165, 1.54) is 26.4 Å². The van der Waals surface area contributed by atoms with Crippen molar-refractivity contribution < 1.29 is 19.1 Å². The largest absolute Gasteiger partial charge is 0.497 e. The fourth-order valence-corrected chi connectivity index (χ4v) is 3.25. The summed E-state index contributed by atoms with van der Waals surface area (Å²) >= 11 is 3.31. The number of amides is 1. The van der Waals surface area contributed by atoms with Crippen LogP contribution in [0.4, 0.5) is 0 Å². The molecule has 1 N–H and O–H groups in total. The lowest BCUT2D eigenvalue weighted by atomic mass is 9.89. The highest BCUT2D eigenvalue weighted by Gasteiger charge is 2.22. The molecule has 6 heteroatoms. The molecule has 0 saturated heterocycles. The number of esters is 1. The average molecular weight is 398 g/mol. The van der Waals surface area contributed by atoms with Crippen LogP contribution in [0.1, 0.15) is 49.4 Å². The molecule has 1 fully saturated rings. The molecule has 0 aromatic heterocycles. The van der Waals surface area contributed by atoms with Gasteiger partial charge in [-0.05, 0) is 59.8 Å². The van der Waals surface area contributed by atoms with E-state index in [0.717, 1.165) is 12.8 Å². The normalized spacial score (nSPS) is 16.3. The summed E-state index contributed by atoms with van der Waals surface area (Å²) in [7, 11) is 1.53. The quantitative estimate of drug-likeness (QED) is 0.743. The summed E-state index contributed by atoms with van der Waals surface area (Å²) in [4.78, 5) is 24.4. The highest BCUT2D eigenvalue weighted by Crippen LogP contribution is 2.24. The number of rotatable bonds is 6.